The fourth-order valence-electron chi connectivity index (χ4n) is 4.80. The predicted molar refractivity (Wildman–Crippen MR) is 163 cm³/mol. The van der Waals surface area contributed by atoms with Crippen molar-refractivity contribution in [1.29, 1.82) is 0 Å². The van der Waals surface area contributed by atoms with Gasteiger partial charge in [-0.2, -0.15) is 5.10 Å². The summed E-state index contributed by atoms with van der Waals surface area (Å²) >= 11 is 0. The zero-order chi connectivity index (χ0) is 31.5. The van der Waals surface area contributed by atoms with E-state index in [4.69, 9.17) is 14.2 Å². The molecule has 0 aliphatic heterocycles. The first kappa shape index (κ1) is 29.1. The van der Waals surface area contributed by atoms with E-state index in [-0.39, 0.29) is 29.4 Å². The minimum atomic E-state index is -0.811. The molecule has 6 rings (SSSR count). The predicted octanol–water partition coefficient (Wildman–Crippen LogP) is 6.28. The molecule has 6 aromatic rings. The second-order valence-electron chi connectivity index (χ2n) is 9.65. The lowest BCUT2D eigenvalue weighted by Gasteiger charge is -2.14. The van der Waals surface area contributed by atoms with Gasteiger partial charge in [-0.1, -0.05) is 0 Å². The fourth-order valence-corrected chi connectivity index (χ4v) is 4.80. The average Bonchev–Trinajstić information content (AvgIpc) is 3.48. The number of hydrogen-bond donors (Lipinski definition) is 1. The number of rotatable bonds is 9. The maximum absolute atomic E-state index is 15.4. The normalized spacial score (nSPS) is 10.9. The first-order valence-corrected chi connectivity index (χ1v) is 13.8. The maximum atomic E-state index is 15.4. The third kappa shape index (κ3) is 5.80. The van der Waals surface area contributed by atoms with Crippen LogP contribution in [0.15, 0.2) is 102 Å². The molecule has 0 saturated carbocycles. The van der Waals surface area contributed by atoms with Gasteiger partial charge in [0.05, 0.1) is 19.9 Å². The highest BCUT2D eigenvalue weighted by Crippen LogP contribution is 2.36. The van der Waals surface area contributed by atoms with Crippen molar-refractivity contribution < 1.29 is 27.8 Å². The van der Waals surface area contributed by atoms with Crippen LogP contribution < -0.4 is 25.1 Å². The van der Waals surface area contributed by atoms with Gasteiger partial charge in [-0.3, -0.25) is 14.2 Å². The Morgan fingerprint density at radius 3 is 2.49 bits per heavy atom. The van der Waals surface area contributed by atoms with Gasteiger partial charge < -0.3 is 19.5 Å². The van der Waals surface area contributed by atoms with E-state index in [0.29, 0.717) is 22.8 Å². The van der Waals surface area contributed by atoms with E-state index in [1.807, 2.05) is 12.1 Å². The fraction of sp³-hybridized carbons (Fsp3) is 0.0909. The number of amides is 1. The lowest BCUT2D eigenvalue weighted by Crippen LogP contribution is -2.29. The first-order chi connectivity index (χ1) is 21.9. The highest BCUT2D eigenvalue weighted by Gasteiger charge is 2.21. The summed E-state index contributed by atoms with van der Waals surface area (Å²) in [6, 6.07) is 17.6. The van der Waals surface area contributed by atoms with Crippen LogP contribution in [0, 0.1) is 11.6 Å². The minimum absolute atomic E-state index is 0.0512. The molecule has 0 fully saturated rings. The molecule has 2 aromatic carbocycles. The van der Waals surface area contributed by atoms with Crippen molar-refractivity contribution in [2.45, 2.75) is 6.92 Å². The Hall–Kier alpha value is -6.04. The second-order valence-corrected chi connectivity index (χ2v) is 9.65. The van der Waals surface area contributed by atoms with Gasteiger partial charge >= 0.3 is 0 Å². The highest BCUT2D eigenvalue weighted by molar-refractivity contribution is 6.06. The zero-order valence-electron chi connectivity index (χ0n) is 24.0. The molecule has 0 unspecified atom stereocenters. The number of anilines is 1. The van der Waals surface area contributed by atoms with Crippen molar-refractivity contribution in [3.63, 3.8) is 0 Å². The molecular formula is C33H25F2N5O5. The van der Waals surface area contributed by atoms with E-state index in [1.165, 1.54) is 66.5 Å². The van der Waals surface area contributed by atoms with Gasteiger partial charge in [-0.05, 0) is 67.1 Å². The number of hydrogen-bond acceptors (Lipinski definition) is 7. The smallest absolute Gasteiger partial charge is 0.271 e. The molecule has 0 radical (unpaired) electrons. The summed E-state index contributed by atoms with van der Waals surface area (Å²) < 4.78 is 48.4. The molecular weight excluding hydrogens is 584 g/mol. The largest absolute Gasteiger partial charge is 0.493 e. The van der Waals surface area contributed by atoms with E-state index >= 15 is 4.39 Å². The first-order valence-electron chi connectivity index (χ1n) is 13.8. The van der Waals surface area contributed by atoms with Gasteiger partial charge in [-0.25, -0.2) is 18.3 Å². The van der Waals surface area contributed by atoms with Gasteiger partial charge in [-0.15, -0.1) is 0 Å². The number of benzene rings is 2. The van der Waals surface area contributed by atoms with Crippen LogP contribution in [0.2, 0.25) is 0 Å². The van der Waals surface area contributed by atoms with Crippen LogP contribution in [0.3, 0.4) is 0 Å². The lowest BCUT2D eigenvalue weighted by atomic mass is 10.1. The van der Waals surface area contributed by atoms with Crippen LogP contribution >= 0.6 is 0 Å². The molecule has 0 aliphatic carbocycles. The van der Waals surface area contributed by atoms with Gasteiger partial charge in [0.15, 0.2) is 17.3 Å². The summed E-state index contributed by atoms with van der Waals surface area (Å²) in [5, 5.41) is 6.89. The molecule has 1 N–H and O–H groups in total. The number of nitrogens with one attached hydrogen (secondary N) is 1. The van der Waals surface area contributed by atoms with E-state index in [0.717, 1.165) is 17.2 Å². The molecule has 0 bridgehead atoms. The Bertz CT molecular complexity index is 2090. The second kappa shape index (κ2) is 12.3. The Morgan fingerprint density at radius 1 is 0.911 bits per heavy atom. The van der Waals surface area contributed by atoms with E-state index < -0.39 is 23.1 Å². The summed E-state index contributed by atoms with van der Waals surface area (Å²) in [6.07, 6.45) is 6.33. The third-order valence-electron chi connectivity index (χ3n) is 6.87. The zero-order valence-corrected chi connectivity index (χ0v) is 24.0. The Kier molecular flexibility index (Phi) is 7.93. The van der Waals surface area contributed by atoms with Crippen LogP contribution in [0.1, 0.15) is 17.3 Å². The number of carbonyl (C=O) groups is 1. The number of carbonyl (C=O) groups excluding carboxylic acids is 1. The van der Waals surface area contributed by atoms with E-state index in [9.17, 15) is 14.0 Å². The van der Waals surface area contributed by atoms with Crippen molar-refractivity contribution in [2.75, 3.05) is 19.0 Å². The summed E-state index contributed by atoms with van der Waals surface area (Å²) in [4.78, 5) is 30.9. The number of pyridine rings is 2. The van der Waals surface area contributed by atoms with Crippen LogP contribution in [-0.2, 0) is 0 Å². The molecule has 0 spiro atoms. The van der Waals surface area contributed by atoms with Crippen molar-refractivity contribution in [2.24, 2.45) is 0 Å². The molecule has 12 heteroatoms. The van der Waals surface area contributed by atoms with Crippen LogP contribution in [-0.4, -0.2) is 38.8 Å². The van der Waals surface area contributed by atoms with Crippen LogP contribution in [0.5, 0.6) is 23.1 Å². The Balaban J connectivity index is 1.29. The molecule has 45 heavy (non-hydrogen) atoms. The standard InChI is InChI=1S/C33H25F2N5O5/c1-3-44-27-13-16-39(23-7-4-21(34)5-8-23)33(42)30(27)32(41)38-22-6-9-26(25(35)19-22)45-28-11-15-37-40-17-12-24(31(28)40)20-10-14-36-29(18-20)43-2/h4-19H,3H2,1-2H3,(H,38,41). The highest BCUT2D eigenvalue weighted by atomic mass is 19.1. The number of aromatic nitrogens is 4. The minimum Gasteiger partial charge on any atom is -0.493 e. The lowest BCUT2D eigenvalue weighted by molar-refractivity contribution is 0.102. The van der Waals surface area contributed by atoms with Crippen molar-refractivity contribution >= 4 is 17.1 Å². The molecule has 0 aliphatic rings. The molecule has 10 nitrogen and oxygen atoms in total. The third-order valence-corrected chi connectivity index (χ3v) is 6.87. The number of halogens is 2. The quantitative estimate of drug-likeness (QED) is 0.206. The van der Waals surface area contributed by atoms with E-state index in [1.54, 1.807) is 36.0 Å². The summed E-state index contributed by atoms with van der Waals surface area (Å²) in [7, 11) is 1.52. The number of methoxy groups -OCH3 is 1. The summed E-state index contributed by atoms with van der Waals surface area (Å²) in [6.45, 7) is 1.91. The molecule has 1 amide bonds. The molecule has 4 aromatic heterocycles. The van der Waals surface area contributed by atoms with E-state index in [2.05, 4.69) is 15.4 Å². The molecule has 0 saturated heterocycles. The van der Waals surface area contributed by atoms with Crippen molar-refractivity contribution in [1.82, 2.24) is 19.2 Å². The summed E-state index contributed by atoms with van der Waals surface area (Å²) in [5.74, 6) is -1.33. The Morgan fingerprint density at radius 2 is 1.73 bits per heavy atom. The van der Waals surface area contributed by atoms with Crippen molar-refractivity contribution in [3.8, 4) is 39.9 Å². The molecule has 226 valence electrons. The number of fused-ring (bicyclic) bond motifs is 1. The molecule has 0 atom stereocenters. The van der Waals surface area contributed by atoms with Gasteiger partial charge in [0.1, 0.15) is 22.6 Å². The number of ether oxygens (including phenoxy) is 3. The summed E-state index contributed by atoms with van der Waals surface area (Å²) in [5.41, 5.74) is 1.60. The Labute approximate surface area is 255 Å². The SMILES string of the molecule is CCOc1ccn(-c2ccc(F)cc2)c(=O)c1C(=O)Nc1ccc(Oc2ccnn3ccc(-c4ccnc(OC)c4)c23)c(F)c1. The molecule has 4 heterocycles. The van der Waals surface area contributed by atoms with Crippen molar-refractivity contribution in [3.05, 3.63) is 125 Å². The van der Waals surface area contributed by atoms with Gasteiger partial charge in [0, 0.05) is 53.7 Å². The monoisotopic (exact) mass is 609 g/mol. The topological polar surface area (TPSA) is 109 Å². The maximum Gasteiger partial charge on any atom is 0.271 e. The van der Waals surface area contributed by atoms with Crippen LogP contribution in [0.25, 0.3) is 22.3 Å². The van der Waals surface area contributed by atoms with Gasteiger partial charge in [0.25, 0.3) is 11.5 Å². The van der Waals surface area contributed by atoms with Crippen LogP contribution in [0.4, 0.5) is 14.5 Å². The van der Waals surface area contributed by atoms with Gasteiger partial charge in [0.2, 0.25) is 5.88 Å². The average molecular weight is 610 g/mol. The number of nitrogens with zero attached hydrogens (tertiary/aromatic N) is 4.